The number of hydrogen-bond acceptors (Lipinski definition) is 4. The van der Waals surface area contributed by atoms with Gasteiger partial charge in [0.2, 0.25) is 0 Å². The van der Waals surface area contributed by atoms with Gasteiger partial charge in [-0.3, -0.25) is 9.59 Å². The van der Waals surface area contributed by atoms with Crippen LogP contribution in [-0.2, 0) is 4.79 Å². The van der Waals surface area contributed by atoms with Crippen LogP contribution in [-0.4, -0.2) is 36.3 Å². The van der Waals surface area contributed by atoms with E-state index in [2.05, 4.69) is 23.5 Å². The lowest BCUT2D eigenvalue weighted by atomic mass is 9.99. The van der Waals surface area contributed by atoms with E-state index < -0.39 is 0 Å². The number of quaternary nitrogens is 1. The van der Waals surface area contributed by atoms with E-state index in [0.29, 0.717) is 18.0 Å². The number of carbonyl (C=O) groups is 2. The highest BCUT2D eigenvalue weighted by Gasteiger charge is 2.28. The molecule has 6 heteroatoms. The number of Topliss-reactive ketones (excluding diaryl/α,β-unsaturated/α-hetero) is 1. The number of hydrogen-bond donors (Lipinski definition) is 2. The Kier molecular flexibility index (Phi) is 5.50. The lowest BCUT2D eigenvalue weighted by Crippen LogP contribution is -3.14. The first-order valence-corrected chi connectivity index (χ1v) is 10.5. The number of ketones is 1. The second-order valence-corrected chi connectivity index (χ2v) is 8.48. The number of nitrogens with zero attached hydrogens (tertiary/aromatic N) is 1. The zero-order chi connectivity index (χ0) is 19.5. The molecule has 1 aromatic heterocycles. The van der Waals surface area contributed by atoms with Gasteiger partial charge in [0.15, 0.2) is 12.3 Å². The standard InChI is InChI=1S/C22H23N3O2S/c1-15(26)16-8-10-18(11-9-16)23-21(27)14-25-12-4-5-17(13-25)22-24-19-6-2-3-7-20(19)28-22/h2-3,6-11,17H,4-5,12-14H2,1H3,(H,23,27)/p+1/t17-/m1/s1. The Bertz CT molecular complexity index is 963. The van der Waals surface area contributed by atoms with Crippen LogP contribution < -0.4 is 10.2 Å². The maximum Gasteiger partial charge on any atom is 0.279 e. The van der Waals surface area contributed by atoms with Crippen molar-refractivity contribution in [2.75, 3.05) is 25.0 Å². The highest BCUT2D eigenvalue weighted by molar-refractivity contribution is 7.18. The topological polar surface area (TPSA) is 63.5 Å². The van der Waals surface area contributed by atoms with Crippen LogP contribution in [0.25, 0.3) is 10.2 Å². The number of benzene rings is 2. The number of anilines is 1. The van der Waals surface area contributed by atoms with Crippen molar-refractivity contribution >= 4 is 38.9 Å². The molecule has 2 heterocycles. The Morgan fingerprint density at radius 2 is 1.96 bits per heavy atom. The smallest absolute Gasteiger partial charge is 0.279 e. The van der Waals surface area contributed by atoms with E-state index in [9.17, 15) is 9.59 Å². The average Bonchev–Trinajstić information content (AvgIpc) is 3.13. The number of fused-ring (bicyclic) bond motifs is 1. The highest BCUT2D eigenvalue weighted by atomic mass is 32.1. The monoisotopic (exact) mass is 394 g/mol. The molecule has 5 nitrogen and oxygen atoms in total. The Labute approximate surface area is 168 Å². The van der Waals surface area contributed by atoms with Crippen LogP contribution in [0.3, 0.4) is 0 Å². The fourth-order valence-corrected chi connectivity index (χ4v) is 4.91. The van der Waals surface area contributed by atoms with Gasteiger partial charge in [-0.2, -0.15) is 0 Å². The average molecular weight is 395 g/mol. The molecule has 0 spiro atoms. The summed E-state index contributed by atoms with van der Waals surface area (Å²) in [4.78, 5) is 29.9. The van der Waals surface area contributed by atoms with Gasteiger partial charge in [0.05, 0.1) is 29.2 Å². The molecule has 1 aliphatic heterocycles. The van der Waals surface area contributed by atoms with Crippen LogP contribution in [0.2, 0.25) is 0 Å². The molecule has 0 saturated carbocycles. The zero-order valence-electron chi connectivity index (χ0n) is 15.9. The third kappa shape index (κ3) is 4.29. The molecule has 28 heavy (non-hydrogen) atoms. The summed E-state index contributed by atoms with van der Waals surface area (Å²) in [6.07, 6.45) is 2.24. The SMILES string of the molecule is CC(=O)c1ccc(NC(=O)C[NH+]2CCC[C@@H](c3nc4ccccc4s3)C2)cc1. The summed E-state index contributed by atoms with van der Waals surface area (Å²) in [5.74, 6) is 0.454. The highest BCUT2D eigenvalue weighted by Crippen LogP contribution is 2.30. The largest absolute Gasteiger partial charge is 0.327 e. The van der Waals surface area contributed by atoms with Gasteiger partial charge in [-0.15, -0.1) is 11.3 Å². The van der Waals surface area contributed by atoms with Crippen LogP contribution in [0.1, 0.15) is 41.0 Å². The molecule has 0 aliphatic carbocycles. The first kappa shape index (κ1) is 18.8. The molecular formula is C22H24N3O2S+. The van der Waals surface area contributed by atoms with Gasteiger partial charge in [-0.1, -0.05) is 12.1 Å². The number of aromatic nitrogens is 1. The second-order valence-electron chi connectivity index (χ2n) is 7.42. The molecule has 1 saturated heterocycles. The molecule has 1 unspecified atom stereocenters. The maximum atomic E-state index is 12.5. The Hall–Kier alpha value is -2.57. The van der Waals surface area contributed by atoms with Crippen LogP contribution >= 0.6 is 11.3 Å². The quantitative estimate of drug-likeness (QED) is 0.654. The maximum absolute atomic E-state index is 12.5. The molecule has 2 atom stereocenters. The summed E-state index contributed by atoms with van der Waals surface area (Å²) in [5, 5.41) is 4.14. The number of piperidine rings is 1. The van der Waals surface area contributed by atoms with E-state index in [1.54, 1.807) is 35.6 Å². The number of likely N-dealkylation sites (tertiary alicyclic amines) is 1. The van der Waals surface area contributed by atoms with Crippen LogP contribution in [0.5, 0.6) is 0 Å². The number of para-hydroxylation sites is 1. The minimum absolute atomic E-state index is 0.00975. The summed E-state index contributed by atoms with van der Waals surface area (Å²) < 4.78 is 1.23. The van der Waals surface area contributed by atoms with Gasteiger partial charge in [-0.05, 0) is 56.2 Å². The van der Waals surface area contributed by atoms with Crippen molar-refractivity contribution in [2.45, 2.75) is 25.7 Å². The second kappa shape index (κ2) is 8.20. The third-order valence-corrected chi connectivity index (χ3v) is 6.46. The van der Waals surface area contributed by atoms with E-state index in [1.165, 1.54) is 21.5 Å². The minimum Gasteiger partial charge on any atom is -0.327 e. The van der Waals surface area contributed by atoms with E-state index in [4.69, 9.17) is 4.98 Å². The molecule has 1 aliphatic rings. The van der Waals surface area contributed by atoms with Crippen LogP contribution in [0.4, 0.5) is 5.69 Å². The third-order valence-electron chi connectivity index (χ3n) is 5.26. The predicted molar refractivity (Wildman–Crippen MR) is 112 cm³/mol. The normalized spacial score (nSPS) is 19.5. The first-order chi connectivity index (χ1) is 13.6. The summed E-state index contributed by atoms with van der Waals surface area (Å²) in [6.45, 7) is 3.94. The van der Waals surface area contributed by atoms with Gasteiger partial charge < -0.3 is 10.2 Å². The Morgan fingerprint density at radius 3 is 2.71 bits per heavy atom. The van der Waals surface area contributed by atoms with Crippen molar-refractivity contribution in [1.82, 2.24) is 4.98 Å². The van der Waals surface area contributed by atoms with Crippen molar-refractivity contribution in [3.05, 3.63) is 59.1 Å². The van der Waals surface area contributed by atoms with Gasteiger partial charge in [0, 0.05) is 11.3 Å². The molecule has 1 amide bonds. The molecule has 0 radical (unpaired) electrons. The van der Waals surface area contributed by atoms with E-state index >= 15 is 0 Å². The molecule has 4 rings (SSSR count). The summed E-state index contributed by atoms with van der Waals surface area (Å²) in [7, 11) is 0. The summed E-state index contributed by atoms with van der Waals surface area (Å²) in [6, 6.07) is 15.3. The van der Waals surface area contributed by atoms with Gasteiger partial charge in [0.1, 0.15) is 5.01 Å². The van der Waals surface area contributed by atoms with Crippen molar-refractivity contribution in [3.63, 3.8) is 0 Å². The lowest BCUT2D eigenvalue weighted by Gasteiger charge is -2.28. The minimum atomic E-state index is 0.00975. The molecule has 2 aromatic carbocycles. The zero-order valence-corrected chi connectivity index (χ0v) is 16.7. The van der Waals surface area contributed by atoms with Gasteiger partial charge >= 0.3 is 0 Å². The van der Waals surface area contributed by atoms with Gasteiger partial charge in [0.25, 0.3) is 5.91 Å². The number of amides is 1. The fraction of sp³-hybridized carbons (Fsp3) is 0.318. The molecule has 1 fully saturated rings. The Morgan fingerprint density at radius 1 is 1.18 bits per heavy atom. The number of rotatable bonds is 5. The van der Waals surface area contributed by atoms with Crippen molar-refractivity contribution < 1.29 is 14.5 Å². The first-order valence-electron chi connectivity index (χ1n) is 9.68. The fourth-order valence-electron chi connectivity index (χ4n) is 3.81. The summed E-state index contributed by atoms with van der Waals surface area (Å²) in [5.41, 5.74) is 2.45. The van der Waals surface area contributed by atoms with Crippen molar-refractivity contribution in [2.24, 2.45) is 0 Å². The summed E-state index contributed by atoms with van der Waals surface area (Å²) >= 11 is 1.78. The van der Waals surface area contributed by atoms with Gasteiger partial charge in [-0.25, -0.2) is 4.98 Å². The van der Waals surface area contributed by atoms with E-state index in [1.807, 2.05) is 6.07 Å². The molecule has 0 bridgehead atoms. The Balaban J connectivity index is 1.36. The molecule has 3 aromatic rings. The van der Waals surface area contributed by atoms with Crippen LogP contribution in [0.15, 0.2) is 48.5 Å². The van der Waals surface area contributed by atoms with Crippen molar-refractivity contribution in [3.8, 4) is 0 Å². The molecular weight excluding hydrogens is 370 g/mol. The lowest BCUT2D eigenvalue weighted by molar-refractivity contribution is -0.898. The molecule has 2 N–H and O–H groups in total. The predicted octanol–water partition coefficient (Wildman–Crippen LogP) is 2.90. The number of carbonyl (C=O) groups excluding carboxylic acids is 2. The van der Waals surface area contributed by atoms with Crippen molar-refractivity contribution in [1.29, 1.82) is 0 Å². The number of nitrogens with one attached hydrogen (secondary N) is 2. The number of thiazole rings is 1. The van der Waals surface area contributed by atoms with E-state index in [-0.39, 0.29) is 11.7 Å². The van der Waals surface area contributed by atoms with Crippen LogP contribution in [0, 0.1) is 0 Å². The van der Waals surface area contributed by atoms with E-state index in [0.717, 1.165) is 37.1 Å². The molecule has 144 valence electrons.